The molecule has 1 aliphatic carbocycles. The van der Waals surface area contributed by atoms with E-state index < -0.39 is 20.7 Å². The zero-order chi connectivity index (χ0) is 13.3. The molecule has 100 valence electrons. The average molecular weight is 263 g/mol. The third-order valence-electron chi connectivity index (χ3n) is 3.20. The smallest absolute Gasteiger partial charge is 0.306 e. The van der Waals surface area contributed by atoms with Crippen molar-refractivity contribution in [3.8, 4) is 0 Å². The maximum atomic E-state index is 11.9. The van der Waals surface area contributed by atoms with Crippen LogP contribution in [0.3, 0.4) is 0 Å². The van der Waals surface area contributed by atoms with Gasteiger partial charge in [-0.15, -0.1) is 0 Å². The van der Waals surface area contributed by atoms with Gasteiger partial charge in [-0.05, 0) is 46.5 Å². The highest BCUT2D eigenvalue weighted by Crippen LogP contribution is 2.26. The number of carboxylic acid groups (broad SMARTS) is 1. The Morgan fingerprint density at radius 2 is 1.65 bits per heavy atom. The van der Waals surface area contributed by atoms with E-state index in [1.807, 2.05) is 0 Å². The third kappa shape index (κ3) is 3.67. The summed E-state index contributed by atoms with van der Waals surface area (Å²) in [5, 5.41) is 8.85. The normalized spacial score (nSPS) is 26.8. The Balaban J connectivity index is 2.55. The number of hydrogen-bond donors (Lipinski definition) is 2. The molecule has 0 saturated heterocycles. The summed E-state index contributed by atoms with van der Waals surface area (Å²) in [6.45, 7) is 4.95. The van der Waals surface area contributed by atoms with Crippen molar-refractivity contribution >= 4 is 16.0 Å². The van der Waals surface area contributed by atoms with E-state index in [1.54, 1.807) is 20.8 Å². The van der Waals surface area contributed by atoms with Crippen LogP contribution in [-0.2, 0) is 14.8 Å². The summed E-state index contributed by atoms with van der Waals surface area (Å²) in [6, 6.07) is -0.116. The second-order valence-corrected chi connectivity index (χ2v) is 8.09. The molecule has 0 bridgehead atoms. The van der Waals surface area contributed by atoms with Gasteiger partial charge in [0, 0.05) is 6.04 Å². The highest BCUT2D eigenvalue weighted by molar-refractivity contribution is 7.90. The van der Waals surface area contributed by atoms with E-state index in [-0.39, 0.29) is 12.0 Å². The predicted octanol–water partition coefficient (Wildman–Crippen LogP) is 1.35. The summed E-state index contributed by atoms with van der Waals surface area (Å²) in [7, 11) is -3.33. The van der Waals surface area contributed by atoms with E-state index in [0.717, 1.165) is 0 Å². The average Bonchev–Trinajstić information content (AvgIpc) is 2.16. The second-order valence-electron chi connectivity index (χ2n) is 5.62. The van der Waals surface area contributed by atoms with Gasteiger partial charge in [-0.2, -0.15) is 0 Å². The largest absolute Gasteiger partial charge is 0.481 e. The minimum atomic E-state index is -3.33. The fourth-order valence-corrected chi connectivity index (χ4v) is 2.88. The first-order valence-electron chi connectivity index (χ1n) is 5.88. The van der Waals surface area contributed by atoms with Crippen LogP contribution < -0.4 is 4.72 Å². The molecule has 0 spiro atoms. The molecule has 0 aliphatic heterocycles. The molecule has 0 aromatic carbocycles. The quantitative estimate of drug-likeness (QED) is 0.805. The predicted molar refractivity (Wildman–Crippen MR) is 65.2 cm³/mol. The third-order valence-corrected chi connectivity index (χ3v) is 5.46. The second kappa shape index (κ2) is 4.94. The van der Waals surface area contributed by atoms with Gasteiger partial charge in [0.1, 0.15) is 0 Å². The van der Waals surface area contributed by atoms with E-state index in [2.05, 4.69) is 4.72 Å². The highest BCUT2D eigenvalue weighted by atomic mass is 32.2. The van der Waals surface area contributed by atoms with Gasteiger partial charge in [0.15, 0.2) is 0 Å². The Morgan fingerprint density at radius 3 is 2.00 bits per heavy atom. The molecule has 0 amide bonds. The van der Waals surface area contributed by atoms with Crippen LogP contribution >= 0.6 is 0 Å². The van der Waals surface area contributed by atoms with Gasteiger partial charge in [-0.1, -0.05) is 0 Å². The number of aliphatic carboxylic acids is 1. The zero-order valence-electron chi connectivity index (χ0n) is 10.6. The van der Waals surface area contributed by atoms with E-state index in [9.17, 15) is 13.2 Å². The van der Waals surface area contributed by atoms with Crippen molar-refractivity contribution in [3.63, 3.8) is 0 Å². The molecular weight excluding hydrogens is 242 g/mol. The molecular formula is C11H21NO4S. The van der Waals surface area contributed by atoms with Crippen LogP contribution in [0.5, 0.6) is 0 Å². The lowest BCUT2D eigenvalue weighted by Gasteiger charge is -2.29. The van der Waals surface area contributed by atoms with Crippen molar-refractivity contribution in [1.82, 2.24) is 4.72 Å². The summed E-state index contributed by atoms with van der Waals surface area (Å²) in [5.74, 6) is -1.09. The van der Waals surface area contributed by atoms with Crippen molar-refractivity contribution in [2.75, 3.05) is 0 Å². The number of sulfonamides is 1. The Kier molecular flexibility index (Phi) is 4.19. The maximum absolute atomic E-state index is 11.9. The molecule has 17 heavy (non-hydrogen) atoms. The van der Waals surface area contributed by atoms with E-state index in [1.165, 1.54) is 0 Å². The van der Waals surface area contributed by atoms with Crippen LogP contribution in [0.1, 0.15) is 46.5 Å². The van der Waals surface area contributed by atoms with Crippen molar-refractivity contribution in [1.29, 1.82) is 0 Å². The molecule has 0 unspecified atom stereocenters. The molecule has 2 N–H and O–H groups in total. The molecule has 5 nitrogen and oxygen atoms in total. The van der Waals surface area contributed by atoms with Crippen molar-refractivity contribution in [2.45, 2.75) is 57.2 Å². The van der Waals surface area contributed by atoms with Gasteiger partial charge >= 0.3 is 5.97 Å². The maximum Gasteiger partial charge on any atom is 0.306 e. The summed E-state index contributed by atoms with van der Waals surface area (Å²) in [5.41, 5.74) is 0. The molecule has 0 aromatic rings. The van der Waals surface area contributed by atoms with Gasteiger partial charge in [-0.25, -0.2) is 13.1 Å². The summed E-state index contributed by atoms with van der Waals surface area (Å²) in [4.78, 5) is 10.8. The molecule has 0 heterocycles. The molecule has 1 saturated carbocycles. The summed E-state index contributed by atoms with van der Waals surface area (Å²) >= 11 is 0. The Morgan fingerprint density at radius 1 is 1.18 bits per heavy atom. The molecule has 1 fully saturated rings. The first-order chi connectivity index (χ1) is 7.63. The molecule has 0 aromatic heterocycles. The molecule has 0 atom stereocenters. The van der Waals surface area contributed by atoms with Crippen molar-refractivity contribution in [2.24, 2.45) is 5.92 Å². The fourth-order valence-electron chi connectivity index (χ4n) is 1.85. The Hall–Kier alpha value is -0.620. The van der Waals surface area contributed by atoms with Gasteiger partial charge in [0.05, 0.1) is 10.7 Å². The number of nitrogens with one attached hydrogen (secondary N) is 1. The first kappa shape index (κ1) is 14.4. The van der Waals surface area contributed by atoms with Crippen LogP contribution in [0.15, 0.2) is 0 Å². The fraction of sp³-hybridized carbons (Fsp3) is 0.909. The van der Waals surface area contributed by atoms with Crippen LogP contribution in [0.4, 0.5) is 0 Å². The molecule has 1 aliphatic rings. The van der Waals surface area contributed by atoms with Crippen LogP contribution in [-0.4, -0.2) is 30.3 Å². The van der Waals surface area contributed by atoms with Crippen LogP contribution in [0.2, 0.25) is 0 Å². The number of carbonyl (C=O) groups is 1. The monoisotopic (exact) mass is 263 g/mol. The molecule has 6 heteroatoms. The number of rotatable bonds is 3. The topological polar surface area (TPSA) is 83.5 Å². The van der Waals surface area contributed by atoms with Gasteiger partial charge in [-0.3, -0.25) is 4.79 Å². The lowest BCUT2D eigenvalue weighted by atomic mass is 9.87. The van der Waals surface area contributed by atoms with Crippen molar-refractivity contribution in [3.05, 3.63) is 0 Å². The number of carboxylic acids is 1. The lowest BCUT2D eigenvalue weighted by Crippen LogP contribution is -2.46. The molecule has 1 rings (SSSR count). The highest BCUT2D eigenvalue weighted by Gasteiger charge is 2.33. The van der Waals surface area contributed by atoms with Crippen LogP contribution in [0.25, 0.3) is 0 Å². The zero-order valence-corrected chi connectivity index (χ0v) is 11.4. The van der Waals surface area contributed by atoms with Gasteiger partial charge in [0.2, 0.25) is 10.0 Å². The lowest BCUT2D eigenvalue weighted by molar-refractivity contribution is -0.142. The van der Waals surface area contributed by atoms with Crippen molar-refractivity contribution < 1.29 is 18.3 Å². The van der Waals surface area contributed by atoms with Gasteiger partial charge < -0.3 is 5.11 Å². The summed E-state index contributed by atoms with van der Waals surface area (Å²) < 4.78 is 25.7. The molecule has 0 radical (unpaired) electrons. The Bertz CT molecular complexity index is 375. The van der Waals surface area contributed by atoms with Crippen LogP contribution in [0, 0.1) is 5.92 Å². The number of hydrogen-bond acceptors (Lipinski definition) is 3. The minimum Gasteiger partial charge on any atom is -0.481 e. The SMILES string of the molecule is CC(C)(C)S(=O)(=O)N[C@H]1CC[C@@H](C(=O)O)CC1. The first-order valence-corrected chi connectivity index (χ1v) is 7.36. The Labute approximate surface area is 103 Å². The van der Waals surface area contributed by atoms with Gasteiger partial charge in [0.25, 0.3) is 0 Å². The standard InChI is InChI=1S/C11H21NO4S/c1-11(2,3)17(15,16)12-9-6-4-8(5-7-9)10(13)14/h8-9,12H,4-7H2,1-3H3,(H,13,14)/t8-,9+. The van der Waals surface area contributed by atoms with E-state index >= 15 is 0 Å². The summed E-state index contributed by atoms with van der Waals surface area (Å²) in [6.07, 6.45) is 2.30. The minimum absolute atomic E-state index is 0.116. The van der Waals surface area contributed by atoms with E-state index in [0.29, 0.717) is 25.7 Å². The van der Waals surface area contributed by atoms with E-state index in [4.69, 9.17) is 5.11 Å².